The summed E-state index contributed by atoms with van der Waals surface area (Å²) in [7, 11) is 0. The fraction of sp³-hybridized carbons (Fsp3) is 0.606. The monoisotopic (exact) mass is 621 g/mol. The van der Waals surface area contributed by atoms with E-state index < -0.39 is 12.0 Å². The lowest BCUT2D eigenvalue weighted by Gasteiger charge is -2.35. The van der Waals surface area contributed by atoms with E-state index in [-0.39, 0.29) is 41.2 Å². The molecule has 4 saturated heterocycles. The Labute approximate surface area is 260 Å². The quantitative estimate of drug-likeness (QED) is 0.324. The van der Waals surface area contributed by atoms with Gasteiger partial charge in [-0.2, -0.15) is 9.97 Å². The summed E-state index contributed by atoms with van der Waals surface area (Å²) in [5.41, 5.74) is 9.30. The van der Waals surface area contributed by atoms with Crippen LogP contribution in [0.4, 0.5) is 20.3 Å². The molecule has 6 aliphatic rings. The average molecular weight is 622 g/mol. The van der Waals surface area contributed by atoms with Crippen molar-refractivity contribution < 1.29 is 13.5 Å². The molecule has 2 aliphatic carbocycles. The SMILES string of the molecule is Nc1cc(Cl)c(C2CC2)c(-c2nc(C3CC3)c3c(N4C[C@H]5CC[C@@H](C4)N5)nc(OC[C@@]45CCCN4C[C@H](F)C5)nc3c2F)c1. The summed E-state index contributed by atoms with van der Waals surface area (Å²) >= 11 is 6.73. The van der Waals surface area contributed by atoms with E-state index in [0.29, 0.717) is 52.5 Å². The van der Waals surface area contributed by atoms with Gasteiger partial charge < -0.3 is 20.7 Å². The number of ether oxygens (including phenoxy) is 1. The number of benzene rings is 1. The van der Waals surface area contributed by atoms with Crippen molar-refractivity contribution in [3.8, 4) is 17.3 Å². The zero-order chi connectivity index (χ0) is 29.7. The van der Waals surface area contributed by atoms with Crippen LogP contribution in [0.3, 0.4) is 0 Å². The van der Waals surface area contributed by atoms with Gasteiger partial charge in [0, 0.05) is 60.3 Å². The fourth-order valence-corrected chi connectivity index (χ4v) is 8.91. The van der Waals surface area contributed by atoms with Gasteiger partial charge in [0.15, 0.2) is 5.82 Å². The first-order valence-electron chi connectivity index (χ1n) is 16.4. The number of alkyl halides is 1. The predicted molar refractivity (Wildman–Crippen MR) is 167 cm³/mol. The Balaban J connectivity index is 1.21. The largest absolute Gasteiger partial charge is 0.461 e. The number of piperazine rings is 1. The normalized spacial score (nSPS) is 30.0. The number of fused-ring (bicyclic) bond motifs is 4. The van der Waals surface area contributed by atoms with E-state index >= 15 is 4.39 Å². The average Bonchev–Trinajstić information content (AvgIpc) is 3.92. The molecule has 6 fully saturated rings. The Hall–Kier alpha value is -2.82. The molecule has 11 heteroatoms. The molecule has 3 N–H and O–H groups in total. The summed E-state index contributed by atoms with van der Waals surface area (Å²) in [6.45, 7) is 3.17. The second-order valence-corrected chi connectivity index (χ2v) is 14.5. The molecule has 6 heterocycles. The number of aromatic nitrogens is 3. The molecule has 4 aliphatic heterocycles. The Morgan fingerprint density at radius 2 is 1.80 bits per heavy atom. The Morgan fingerprint density at radius 1 is 1.02 bits per heavy atom. The van der Waals surface area contributed by atoms with E-state index in [1.165, 1.54) is 0 Å². The van der Waals surface area contributed by atoms with Crippen LogP contribution >= 0.6 is 11.6 Å². The van der Waals surface area contributed by atoms with E-state index in [4.69, 9.17) is 37.0 Å². The number of nitrogens with one attached hydrogen (secondary N) is 1. The topological polar surface area (TPSA) is 92.4 Å². The second-order valence-electron chi connectivity index (χ2n) is 14.1. The molecule has 9 rings (SSSR count). The van der Waals surface area contributed by atoms with Crippen molar-refractivity contribution in [3.05, 3.63) is 34.2 Å². The van der Waals surface area contributed by atoms with Crippen molar-refractivity contribution >= 4 is 34.0 Å². The number of nitrogens with zero attached hydrogens (tertiary/aromatic N) is 5. The molecule has 4 atom stereocenters. The highest BCUT2D eigenvalue weighted by atomic mass is 35.5. The van der Waals surface area contributed by atoms with Gasteiger partial charge in [-0.15, -0.1) is 0 Å². The molecule has 0 radical (unpaired) electrons. The van der Waals surface area contributed by atoms with Gasteiger partial charge in [-0.05, 0) is 81.5 Å². The number of halogens is 3. The molecular weight excluding hydrogens is 584 g/mol. The molecule has 1 aromatic carbocycles. The smallest absolute Gasteiger partial charge is 0.319 e. The first kappa shape index (κ1) is 27.5. The number of pyridine rings is 1. The molecule has 232 valence electrons. The minimum absolute atomic E-state index is 0.146. The number of rotatable bonds is 7. The third kappa shape index (κ3) is 4.54. The summed E-state index contributed by atoms with van der Waals surface area (Å²) in [5, 5.41) is 4.95. The lowest BCUT2D eigenvalue weighted by molar-refractivity contribution is 0.107. The first-order chi connectivity index (χ1) is 21.3. The van der Waals surface area contributed by atoms with Gasteiger partial charge in [-0.1, -0.05) is 11.6 Å². The zero-order valence-corrected chi connectivity index (χ0v) is 25.6. The number of nitrogen functional groups attached to an aromatic ring is 1. The standard InChI is InChI=1S/C33H38ClF2N7O/c34-24-11-20(37)10-23(25(24)17-2-3-17)29-27(36)30-26(28(39-29)18-4-5-18)31(42-14-21-6-7-22(15-42)38-21)41-32(40-30)44-16-33-8-1-9-43(33)13-19(35)12-33/h10-11,17-19,21-22,38H,1-9,12-16,37H2/t19-,21-,22+,33+/m1/s1. The summed E-state index contributed by atoms with van der Waals surface area (Å²) in [4.78, 5) is 19.4. The van der Waals surface area contributed by atoms with Crippen molar-refractivity contribution in [2.24, 2.45) is 0 Å². The molecule has 44 heavy (non-hydrogen) atoms. The molecular formula is C33H38ClF2N7O. The summed E-state index contributed by atoms with van der Waals surface area (Å²) in [5.74, 6) is 0.698. The van der Waals surface area contributed by atoms with E-state index in [0.717, 1.165) is 82.3 Å². The maximum absolute atomic E-state index is 17.1. The van der Waals surface area contributed by atoms with Gasteiger partial charge in [-0.25, -0.2) is 13.8 Å². The van der Waals surface area contributed by atoms with Gasteiger partial charge in [0.05, 0.1) is 16.6 Å². The Bertz CT molecular complexity index is 1650. The highest BCUT2D eigenvalue weighted by molar-refractivity contribution is 6.32. The van der Waals surface area contributed by atoms with Crippen LogP contribution in [0.2, 0.25) is 5.02 Å². The first-order valence-corrected chi connectivity index (χ1v) is 16.8. The van der Waals surface area contributed by atoms with E-state index in [1.54, 1.807) is 6.07 Å². The number of hydrogen-bond donors (Lipinski definition) is 2. The highest BCUT2D eigenvalue weighted by Crippen LogP contribution is 2.51. The zero-order valence-electron chi connectivity index (χ0n) is 24.8. The molecule has 2 bridgehead atoms. The van der Waals surface area contributed by atoms with Gasteiger partial charge in [0.25, 0.3) is 0 Å². The fourth-order valence-electron chi connectivity index (χ4n) is 8.52. The Kier molecular flexibility index (Phi) is 6.30. The van der Waals surface area contributed by atoms with Crippen LogP contribution in [0.5, 0.6) is 6.01 Å². The van der Waals surface area contributed by atoms with Crippen LogP contribution in [0.15, 0.2) is 12.1 Å². The van der Waals surface area contributed by atoms with Gasteiger partial charge in [-0.3, -0.25) is 4.90 Å². The lowest BCUT2D eigenvalue weighted by atomic mass is 9.95. The number of nitrogens with two attached hydrogens (primary N) is 1. The minimum atomic E-state index is -0.860. The van der Waals surface area contributed by atoms with Crippen molar-refractivity contribution in [1.29, 1.82) is 0 Å². The summed E-state index contributed by atoms with van der Waals surface area (Å²) in [6, 6.07) is 4.44. The van der Waals surface area contributed by atoms with Crippen molar-refractivity contribution in [2.75, 3.05) is 43.4 Å². The second kappa shape index (κ2) is 10.1. The van der Waals surface area contributed by atoms with Crippen molar-refractivity contribution in [3.63, 3.8) is 0 Å². The molecule has 2 aromatic heterocycles. The van der Waals surface area contributed by atoms with Crippen LogP contribution in [0.1, 0.15) is 80.9 Å². The number of anilines is 2. The summed E-state index contributed by atoms with van der Waals surface area (Å²) in [6.07, 6.45) is 7.72. The van der Waals surface area contributed by atoms with E-state index in [9.17, 15) is 4.39 Å². The maximum Gasteiger partial charge on any atom is 0.319 e. The van der Waals surface area contributed by atoms with Crippen molar-refractivity contribution in [2.45, 2.75) is 93.4 Å². The van der Waals surface area contributed by atoms with Gasteiger partial charge >= 0.3 is 6.01 Å². The van der Waals surface area contributed by atoms with E-state index in [2.05, 4.69) is 15.1 Å². The van der Waals surface area contributed by atoms with Crippen molar-refractivity contribution in [1.82, 2.24) is 25.2 Å². The van der Waals surface area contributed by atoms with Crippen LogP contribution in [-0.2, 0) is 0 Å². The lowest BCUT2D eigenvalue weighted by Crippen LogP contribution is -2.51. The maximum atomic E-state index is 17.1. The summed E-state index contributed by atoms with van der Waals surface area (Å²) < 4.78 is 38.0. The van der Waals surface area contributed by atoms with Gasteiger partial charge in [0.1, 0.15) is 29.8 Å². The third-order valence-corrected chi connectivity index (χ3v) is 11.2. The molecule has 0 spiro atoms. The molecule has 0 amide bonds. The van der Waals surface area contributed by atoms with Gasteiger partial charge in [0.2, 0.25) is 0 Å². The number of hydrogen-bond acceptors (Lipinski definition) is 8. The van der Waals surface area contributed by atoms with E-state index in [1.807, 2.05) is 6.07 Å². The van der Waals surface area contributed by atoms with Crippen LogP contribution in [-0.4, -0.2) is 76.4 Å². The molecule has 8 nitrogen and oxygen atoms in total. The highest BCUT2D eigenvalue weighted by Gasteiger charge is 2.49. The van der Waals surface area contributed by atoms with Crippen LogP contribution in [0, 0.1) is 5.82 Å². The molecule has 0 unspecified atom stereocenters. The van der Waals surface area contributed by atoms with Crippen LogP contribution in [0.25, 0.3) is 22.2 Å². The molecule has 2 saturated carbocycles. The third-order valence-electron chi connectivity index (χ3n) is 10.9. The van der Waals surface area contributed by atoms with Crippen LogP contribution < -0.4 is 20.7 Å². The molecule has 3 aromatic rings. The predicted octanol–water partition coefficient (Wildman–Crippen LogP) is 5.72. The minimum Gasteiger partial charge on any atom is -0.461 e. The Morgan fingerprint density at radius 3 is 2.55 bits per heavy atom.